The van der Waals surface area contributed by atoms with Gasteiger partial charge in [0.1, 0.15) is 11.6 Å². The zero-order chi connectivity index (χ0) is 18.8. The van der Waals surface area contributed by atoms with Gasteiger partial charge in [0.15, 0.2) is 5.82 Å². The lowest BCUT2D eigenvalue weighted by molar-refractivity contribution is 0.199. The number of anilines is 2. The lowest BCUT2D eigenvalue weighted by Crippen LogP contribution is -2.01. The van der Waals surface area contributed by atoms with Crippen LogP contribution in [0.5, 0.6) is 0 Å². The van der Waals surface area contributed by atoms with Crippen LogP contribution >= 0.6 is 0 Å². The van der Waals surface area contributed by atoms with Gasteiger partial charge in [0.2, 0.25) is 0 Å². The van der Waals surface area contributed by atoms with E-state index in [4.69, 9.17) is 0 Å². The molecule has 0 aliphatic carbocycles. The summed E-state index contributed by atoms with van der Waals surface area (Å²) in [6, 6.07) is 15.7. The molecule has 27 heavy (non-hydrogen) atoms. The fourth-order valence-electron chi connectivity index (χ4n) is 2.86. The van der Waals surface area contributed by atoms with Crippen molar-refractivity contribution in [2.24, 2.45) is 0 Å². The maximum atomic E-state index is 14.0. The topological polar surface area (TPSA) is 70.9 Å². The Morgan fingerprint density at radius 2 is 1.78 bits per heavy atom. The predicted molar refractivity (Wildman–Crippen MR) is 103 cm³/mol. The molecule has 0 radical (unpaired) electrons. The maximum Gasteiger partial charge on any atom is 0.162 e. The van der Waals surface area contributed by atoms with Crippen molar-refractivity contribution >= 4 is 22.4 Å². The van der Waals surface area contributed by atoms with E-state index in [9.17, 15) is 9.50 Å². The van der Waals surface area contributed by atoms with E-state index in [2.05, 4.69) is 20.3 Å². The van der Waals surface area contributed by atoms with Gasteiger partial charge in [-0.2, -0.15) is 0 Å². The number of para-hydroxylation sites is 1. The van der Waals surface area contributed by atoms with Crippen LogP contribution in [0, 0.1) is 5.82 Å². The first-order chi connectivity index (χ1) is 13.1. The summed E-state index contributed by atoms with van der Waals surface area (Å²) in [6.07, 6.45) is 2.60. The summed E-state index contributed by atoms with van der Waals surface area (Å²) in [7, 11) is 0. The minimum atomic E-state index is -0.768. The van der Waals surface area contributed by atoms with E-state index in [1.807, 2.05) is 36.4 Å². The maximum absolute atomic E-state index is 14.0. The number of nitrogens with one attached hydrogen (secondary N) is 1. The molecule has 5 nitrogen and oxygen atoms in total. The fourth-order valence-corrected chi connectivity index (χ4v) is 2.86. The van der Waals surface area contributed by atoms with Gasteiger partial charge in [-0.05, 0) is 55.0 Å². The Morgan fingerprint density at radius 1 is 1.00 bits per heavy atom. The highest BCUT2D eigenvalue weighted by Gasteiger charge is 2.11. The van der Waals surface area contributed by atoms with Crippen molar-refractivity contribution in [1.29, 1.82) is 0 Å². The van der Waals surface area contributed by atoms with Gasteiger partial charge in [0, 0.05) is 29.0 Å². The van der Waals surface area contributed by atoms with Gasteiger partial charge in [-0.1, -0.05) is 12.1 Å². The molecule has 0 spiro atoms. The molecule has 2 aromatic carbocycles. The molecule has 0 amide bonds. The molecule has 4 aromatic rings. The molecule has 6 heteroatoms. The number of fused-ring (bicyclic) bond motifs is 1. The number of halogens is 1. The third-order valence-electron chi connectivity index (χ3n) is 4.21. The van der Waals surface area contributed by atoms with Gasteiger partial charge in [-0.3, -0.25) is 4.98 Å². The molecule has 0 aliphatic heterocycles. The fraction of sp³-hybridized carbons (Fsp3) is 0.0952. The standard InChI is InChI=1S/C21H17FN4O/c1-13(27)15-10-16(22)12-17(11-15)24-21-18-4-2-3-5-19(18)25-20(26-21)14-6-8-23-9-7-14/h2-13,27H,1H3,(H,24,25,26). The van der Waals surface area contributed by atoms with Crippen LogP contribution in [0.3, 0.4) is 0 Å². The number of rotatable bonds is 4. The van der Waals surface area contributed by atoms with Crippen molar-refractivity contribution in [2.75, 3.05) is 5.32 Å². The number of aromatic nitrogens is 3. The molecular weight excluding hydrogens is 343 g/mol. The van der Waals surface area contributed by atoms with E-state index in [0.717, 1.165) is 16.5 Å². The Balaban J connectivity index is 1.84. The molecule has 2 aromatic heterocycles. The second kappa shape index (κ2) is 7.09. The lowest BCUT2D eigenvalue weighted by atomic mass is 10.1. The zero-order valence-electron chi connectivity index (χ0n) is 14.6. The Kier molecular flexibility index (Phi) is 4.48. The number of hydrogen-bond donors (Lipinski definition) is 2. The van der Waals surface area contributed by atoms with E-state index in [0.29, 0.717) is 22.9 Å². The zero-order valence-corrected chi connectivity index (χ0v) is 14.6. The molecule has 1 unspecified atom stereocenters. The molecule has 0 saturated heterocycles. The van der Waals surface area contributed by atoms with Crippen molar-refractivity contribution in [3.63, 3.8) is 0 Å². The number of pyridine rings is 1. The first-order valence-corrected chi connectivity index (χ1v) is 8.53. The molecular formula is C21H17FN4O. The second-order valence-electron chi connectivity index (χ2n) is 6.22. The molecule has 2 N–H and O–H groups in total. The number of hydrogen-bond acceptors (Lipinski definition) is 5. The van der Waals surface area contributed by atoms with Crippen LogP contribution in [0.25, 0.3) is 22.3 Å². The normalized spacial score (nSPS) is 12.1. The summed E-state index contributed by atoms with van der Waals surface area (Å²) in [4.78, 5) is 13.3. The Bertz CT molecular complexity index is 1100. The van der Waals surface area contributed by atoms with E-state index >= 15 is 0 Å². The van der Waals surface area contributed by atoms with E-state index in [1.165, 1.54) is 12.1 Å². The minimum Gasteiger partial charge on any atom is -0.389 e. The van der Waals surface area contributed by atoms with Crippen molar-refractivity contribution in [1.82, 2.24) is 15.0 Å². The van der Waals surface area contributed by atoms with Gasteiger partial charge in [-0.25, -0.2) is 14.4 Å². The average molecular weight is 360 g/mol. The molecule has 1 atom stereocenters. The Hall–Kier alpha value is -3.38. The first-order valence-electron chi connectivity index (χ1n) is 8.53. The van der Waals surface area contributed by atoms with E-state index in [1.54, 1.807) is 25.4 Å². The van der Waals surface area contributed by atoms with Crippen molar-refractivity contribution < 1.29 is 9.50 Å². The van der Waals surface area contributed by atoms with Crippen LogP contribution in [0.2, 0.25) is 0 Å². The number of aliphatic hydroxyl groups excluding tert-OH is 1. The van der Waals surface area contributed by atoms with Crippen molar-refractivity contribution in [3.05, 3.63) is 78.4 Å². The molecule has 0 saturated carbocycles. The smallest absolute Gasteiger partial charge is 0.162 e. The molecule has 0 aliphatic rings. The average Bonchev–Trinajstić information content (AvgIpc) is 2.68. The quantitative estimate of drug-likeness (QED) is 0.555. The second-order valence-corrected chi connectivity index (χ2v) is 6.22. The van der Waals surface area contributed by atoms with Crippen molar-refractivity contribution in [3.8, 4) is 11.4 Å². The lowest BCUT2D eigenvalue weighted by Gasteiger charge is -2.13. The number of benzene rings is 2. The van der Waals surface area contributed by atoms with Gasteiger partial charge < -0.3 is 10.4 Å². The summed E-state index contributed by atoms with van der Waals surface area (Å²) >= 11 is 0. The van der Waals surface area contributed by atoms with Crippen molar-refractivity contribution in [2.45, 2.75) is 13.0 Å². The van der Waals surface area contributed by atoms with Crippen LogP contribution < -0.4 is 5.32 Å². The van der Waals surface area contributed by atoms with Crippen LogP contribution in [-0.4, -0.2) is 20.1 Å². The Morgan fingerprint density at radius 3 is 2.56 bits per heavy atom. The van der Waals surface area contributed by atoms with Gasteiger partial charge >= 0.3 is 0 Å². The number of aliphatic hydroxyl groups is 1. The van der Waals surface area contributed by atoms with E-state index < -0.39 is 11.9 Å². The summed E-state index contributed by atoms with van der Waals surface area (Å²) in [5.74, 6) is 0.684. The molecule has 0 bridgehead atoms. The van der Waals surface area contributed by atoms with Gasteiger partial charge in [0.25, 0.3) is 0 Å². The van der Waals surface area contributed by atoms with Gasteiger partial charge in [0.05, 0.1) is 11.6 Å². The van der Waals surface area contributed by atoms with Crippen LogP contribution in [-0.2, 0) is 0 Å². The van der Waals surface area contributed by atoms with Gasteiger partial charge in [-0.15, -0.1) is 0 Å². The highest BCUT2D eigenvalue weighted by atomic mass is 19.1. The highest BCUT2D eigenvalue weighted by Crippen LogP contribution is 2.28. The SMILES string of the molecule is CC(O)c1cc(F)cc(Nc2nc(-c3ccncc3)nc3ccccc23)c1. The molecule has 4 rings (SSSR count). The summed E-state index contributed by atoms with van der Waals surface area (Å²) < 4.78 is 14.0. The third-order valence-corrected chi connectivity index (χ3v) is 4.21. The first kappa shape index (κ1) is 17.1. The third kappa shape index (κ3) is 3.61. The molecule has 134 valence electrons. The summed E-state index contributed by atoms with van der Waals surface area (Å²) in [6.45, 7) is 1.60. The minimum absolute atomic E-state index is 0.427. The number of nitrogens with zero attached hydrogens (tertiary/aromatic N) is 3. The largest absolute Gasteiger partial charge is 0.389 e. The highest BCUT2D eigenvalue weighted by molar-refractivity contribution is 5.92. The summed E-state index contributed by atoms with van der Waals surface area (Å²) in [5, 5.41) is 13.8. The predicted octanol–water partition coefficient (Wildman–Crippen LogP) is 4.63. The molecule has 2 heterocycles. The van der Waals surface area contributed by atoms with Crippen LogP contribution in [0.1, 0.15) is 18.6 Å². The van der Waals surface area contributed by atoms with Crippen LogP contribution in [0.4, 0.5) is 15.9 Å². The Labute approximate surface area is 155 Å². The van der Waals surface area contributed by atoms with Crippen LogP contribution in [0.15, 0.2) is 67.0 Å². The van der Waals surface area contributed by atoms with E-state index in [-0.39, 0.29) is 0 Å². The molecule has 0 fully saturated rings. The summed E-state index contributed by atoms with van der Waals surface area (Å²) in [5.41, 5.74) is 2.61. The monoisotopic (exact) mass is 360 g/mol.